The van der Waals surface area contributed by atoms with Crippen LogP contribution in [0.5, 0.6) is 5.75 Å². The number of ether oxygens (including phenoxy) is 1. The SMILES string of the molecule is COc1ccccc1-n1nnnc1SCCc1scnc1C. The normalized spacial score (nSPS) is 10.8. The third-order valence-electron chi connectivity index (χ3n) is 3.16. The number of hydrogen-bond donors (Lipinski definition) is 0. The van der Waals surface area contributed by atoms with Crippen molar-refractivity contribution in [3.8, 4) is 11.4 Å². The molecule has 0 fully saturated rings. The van der Waals surface area contributed by atoms with Crippen molar-refractivity contribution >= 4 is 23.1 Å². The molecule has 114 valence electrons. The van der Waals surface area contributed by atoms with Gasteiger partial charge in [-0.15, -0.1) is 16.4 Å². The van der Waals surface area contributed by atoms with Gasteiger partial charge in [0.1, 0.15) is 11.4 Å². The Labute approximate surface area is 136 Å². The zero-order chi connectivity index (χ0) is 15.4. The van der Waals surface area contributed by atoms with Gasteiger partial charge >= 0.3 is 0 Å². The molecule has 1 aromatic carbocycles. The molecule has 0 atom stereocenters. The maximum Gasteiger partial charge on any atom is 0.214 e. The van der Waals surface area contributed by atoms with Gasteiger partial charge in [0.25, 0.3) is 0 Å². The number of para-hydroxylation sites is 2. The van der Waals surface area contributed by atoms with Gasteiger partial charge in [0.05, 0.1) is 18.3 Å². The van der Waals surface area contributed by atoms with E-state index in [0.29, 0.717) is 0 Å². The van der Waals surface area contributed by atoms with Crippen LogP contribution in [-0.4, -0.2) is 38.1 Å². The van der Waals surface area contributed by atoms with Crippen molar-refractivity contribution in [2.45, 2.75) is 18.5 Å². The second-order valence-corrected chi connectivity index (χ2v) is 6.51. The average molecular weight is 333 g/mol. The lowest BCUT2D eigenvalue weighted by molar-refractivity contribution is 0.410. The molecule has 0 aliphatic rings. The summed E-state index contributed by atoms with van der Waals surface area (Å²) >= 11 is 3.32. The van der Waals surface area contributed by atoms with E-state index in [1.165, 1.54) is 4.88 Å². The molecule has 6 nitrogen and oxygen atoms in total. The van der Waals surface area contributed by atoms with Crippen LogP contribution in [0.25, 0.3) is 5.69 Å². The minimum atomic E-state index is 0.745. The van der Waals surface area contributed by atoms with Crippen LogP contribution in [-0.2, 0) is 6.42 Å². The summed E-state index contributed by atoms with van der Waals surface area (Å²) in [5, 5.41) is 12.7. The van der Waals surface area contributed by atoms with Crippen LogP contribution < -0.4 is 4.74 Å². The van der Waals surface area contributed by atoms with Crippen LogP contribution in [0.1, 0.15) is 10.6 Å². The molecule has 0 saturated carbocycles. The van der Waals surface area contributed by atoms with Crippen molar-refractivity contribution in [3.05, 3.63) is 40.3 Å². The second-order valence-electron chi connectivity index (χ2n) is 4.50. The molecule has 2 aromatic heterocycles. The fourth-order valence-corrected chi connectivity index (χ4v) is 3.78. The van der Waals surface area contributed by atoms with Crippen LogP contribution in [0.3, 0.4) is 0 Å². The second kappa shape index (κ2) is 6.89. The minimum Gasteiger partial charge on any atom is -0.494 e. The van der Waals surface area contributed by atoms with Gasteiger partial charge in [0.2, 0.25) is 5.16 Å². The fourth-order valence-electron chi connectivity index (χ4n) is 2.03. The number of methoxy groups -OCH3 is 1. The van der Waals surface area contributed by atoms with E-state index in [4.69, 9.17) is 4.74 Å². The third kappa shape index (κ3) is 3.12. The van der Waals surface area contributed by atoms with Gasteiger partial charge in [-0.05, 0) is 35.9 Å². The number of nitrogens with zero attached hydrogens (tertiary/aromatic N) is 5. The largest absolute Gasteiger partial charge is 0.494 e. The van der Waals surface area contributed by atoms with E-state index in [1.54, 1.807) is 34.9 Å². The van der Waals surface area contributed by atoms with Crippen LogP contribution >= 0.6 is 23.1 Å². The predicted octanol–water partition coefficient (Wildman–Crippen LogP) is 2.77. The summed E-state index contributed by atoms with van der Waals surface area (Å²) in [5.41, 5.74) is 3.83. The number of benzene rings is 1. The van der Waals surface area contributed by atoms with Gasteiger partial charge in [0.15, 0.2) is 0 Å². The van der Waals surface area contributed by atoms with Gasteiger partial charge in [-0.25, -0.2) is 4.98 Å². The van der Waals surface area contributed by atoms with Gasteiger partial charge in [0, 0.05) is 10.6 Å². The molecule has 3 aromatic rings. The lowest BCUT2D eigenvalue weighted by Crippen LogP contribution is -2.02. The Balaban J connectivity index is 1.74. The molecule has 0 radical (unpaired) electrons. The number of aromatic nitrogens is 5. The Hall–Kier alpha value is -1.93. The molecule has 3 rings (SSSR count). The highest BCUT2D eigenvalue weighted by atomic mass is 32.2. The Bertz CT molecular complexity index is 755. The van der Waals surface area contributed by atoms with E-state index in [9.17, 15) is 0 Å². The summed E-state index contributed by atoms with van der Waals surface area (Å²) in [6.07, 6.45) is 0.958. The van der Waals surface area contributed by atoms with Crippen molar-refractivity contribution in [2.24, 2.45) is 0 Å². The summed E-state index contributed by atoms with van der Waals surface area (Å²) in [7, 11) is 1.64. The molecule has 0 bridgehead atoms. The van der Waals surface area contributed by atoms with E-state index < -0.39 is 0 Å². The van der Waals surface area contributed by atoms with Gasteiger partial charge in [-0.1, -0.05) is 23.9 Å². The van der Waals surface area contributed by atoms with Crippen molar-refractivity contribution in [2.75, 3.05) is 12.9 Å². The summed E-state index contributed by atoms with van der Waals surface area (Å²) < 4.78 is 7.08. The number of hydrogen-bond acceptors (Lipinski definition) is 7. The summed E-state index contributed by atoms with van der Waals surface area (Å²) in [6.45, 7) is 2.04. The predicted molar refractivity (Wildman–Crippen MR) is 87.0 cm³/mol. The minimum absolute atomic E-state index is 0.745. The first kappa shape index (κ1) is 15.0. The summed E-state index contributed by atoms with van der Waals surface area (Å²) in [6, 6.07) is 7.69. The van der Waals surface area contributed by atoms with Crippen LogP contribution in [0.4, 0.5) is 0 Å². The number of thioether (sulfide) groups is 1. The molecule has 0 saturated heterocycles. The topological polar surface area (TPSA) is 65.7 Å². The molecular weight excluding hydrogens is 318 g/mol. The van der Waals surface area contributed by atoms with Crippen molar-refractivity contribution < 1.29 is 4.74 Å². The number of tetrazole rings is 1. The molecule has 2 heterocycles. The first-order chi connectivity index (χ1) is 10.8. The molecule has 0 aliphatic heterocycles. The maximum atomic E-state index is 5.37. The average Bonchev–Trinajstić information content (AvgIpc) is 3.17. The van der Waals surface area contributed by atoms with Gasteiger partial charge < -0.3 is 4.74 Å². The molecular formula is C14H15N5OS2. The van der Waals surface area contributed by atoms with E-state index in [2.05, 4.69) is 20.5 Å². The molecule has 0 N–H and O–H groups in total. The van der Waals surface area contributed by atoms with Crippen LogP contribution in [0.15, 0.2) is 34.9 Å². The molecule has 22 heavy (non-hydrogen) atoms. The smallest absolute Gasteiger partial charge is 0.214 e. The molecule has 0 amide bonds. The number of rotatable bonds is 6. The van der Waals surface area contributed by atoms with Crippen molar-refractivity contribution in [3.63, 3.8) is 0 Å². The van der Waals surface area contributed by atoms with E-state index in [1.807, 2.05) is 36.7 Å². The Kier molecular flexibility index (Phi) is 4.69. The lowest BCUT2D eigenvalue weighted by Gasteiger charge is -2.08. The standard InChI is InChI=1S/C14H15N5OS2/c1-10-13(22-9-15-10)7-8-21-14-16-17-18-19(14)11-5-3-4-6-12(11)20-2/h3-6,9H,7-8H2,1-2H3. The molecule has 0 unspecified atom stereocenters. The van der Waals surface area contributed by atoms with Crippen LogP contribution in [0.2, 0.25) is 0 Å². The molecule has 0 aliphatic carbocycles. The Morgan fingerprint density at radius 2 is 2.18 bits per heavy atom. The highest BCUT2D eigenvalue weighted by Gasteiger charge is 2.13. The highest BCUT2D eigenvalue weighted by molar-refractivity contribution is 7.99. The number of thiazole rings is 1. The summed E-state index contributed by atoms with van der Waals surface area (Å²) in [5.74, 6) is 1.65. The van der Waals surface area contributed by atoms with Crippen LogP contribution in [0, 0.1) is 6.92 Å². The van der Waals surface area contributed by atoms with E-state index in [0.717, 1.165) is 34.5 Å². The van der Waals surface area contributed by atoms with Crippen molar-refractivity contribution in [1.82, 2.24) is 25.2 Å². The lowest BCUT2D eigenvalue weighted by atomic mass is 10.3. The third-order valence-corrected chi connectivity index (χ3v) is 5.08. The fraction of sp³-hybridized carbons (Fsp3) is 0.286. The van der Waals surface area contributed by atoms with Gasteiger partial charge in [-0.2, -0.15) is 4.68 Å². The zero-order valence-corrected chi connectivity index (χ0v) is 13.9. The highest BCUT2D eigenvalue weighted by Crippen LogP contribution is 2.26. The monoisotopic (exact) mass is 333 g/mol. The first-order valence-electron chi connectivity index (χ1n) is 6.73. The van der Waals surface area contributed by atoms with Crippen molar-refractivity contribution in [1.29, 1.82) is 0 Å². The van der Waals surface area contributed by atoms with Gasteiger partial charge in [-0.3, -0.25) is 0 Å². The van der Waals surface area contributed by atoms with E-state index in [-0.39, 0.29) is 0 Å². The summed E-state index contributed by atoms with van der Waals surface area (Å²) in [4.78, 5) is 5.58. The maximum absolute atomic E-state index is 5.37. The van der Waals surface area contributed by atoms with E-state index >= 15 is 0 Å². The number of aryl methyl sites for hydroxylation is 2. The first-order valence-corrected chi connectivity index (χ1v) is 8.59. The zero-order valence-electron chi connectivity index (χ0n) is 12.3. The Morgan fingerprint density at radius 3 is 2.95 bits per heavy atom. The molecule has 0 spiro atoms. The Morgan fingerprint density at radius 1 is 1.32 bits per heavy atom. The quantitative estimate of drug-likeness (QED) is 0.646. The molecule has 8 heteroatoms.